The molecule has 28 heavy (non-hydrogen) atoms. The van der Waals surface area contributed by atoms with Crippen LogP contribution in [-0.4, -0.2) is 23.2 Å². The Balaban J connectivity index is 1.44. The highest BCUT2D eigenvalue weighted by atomic mass is 32.1. The van der Waals surface area contributed by atoms with Crippen molar-refractivity contribution in [1.82, 2.24) is 9.97 Å². The van der Waals surface area contributed by atoms with E-state index in [1.807, 2.05) is 36.6 Å². The predicted octanol–water partition coefficient (Wildman–Crippen LogP) is 5.65. The van der Waals surface area contributed by atoms with E-state index >= 15 is 0 Å². The molecule has 0 bridgehead atoms. The average Bonchev–Trinajstić information content (AvgIpc) is 3.13. The number of ether oxygens (including phenoxy) is 2. The highest BCUT2D eigenvalue weighted by Crippen LogP contribution is 2.37. The number of aromatic nitrogens is 2. The molecule has 2 aromatic heterocycles. The molecule has 6 heteroatoms. The fraction of sp³-hybridized carbons (Fsp3) is 0.182. The number of halogens is 1. The van der Waals surface area contributed by atoms with Gasteiger partial charge in [-0.2, -0.15) is 0 Å². The number of fused-ring (bicyclic) bond motifs is 1. The zero-order valence-corrected chi connectivity index (χ0v) is 16.2. The molecule has 0 atom stereocenters. The summed E-state index contributed by atoms with van der Waals surface area (Å²) in [5, 5.41) is 2.86. The average molecular weight is 394 g/mol. The molecule has 0 aliphatic heterocycles. The Hall–Kier alpha value is -2.99. The smallest absolute Gasteiger partial charge is 0.225 e. The molecule has 142 valence electrons. The number of rotatable bonds is 7. The van der Waals surface area contributed by atoms with E-state index in [2.05, 4.69) is 9.97 Å². The molecule has 0 aliphatic rings. The largest absolute Gasteiger partial charge is 0.493 e. The van der Waals surface area contributed by atoms with Crippen LogP contribution in [0.4, 0.5) is 4.39 Å². The van der Waals surface area contributed by atoms with Crippen molar-refractivity contribution in [2.24, 2.45) is 0 Å². The first-order valence-corrected chi connectivity index (χ1v) is 9.89. The summed E-state index contributed by atoms with van der Waals surface area (Å²) in [7, 11) is 0. The fourth-order valence-corrected chi connectivity index (χ4v) is 3.83. The number of benzene rings is 2. The summed E-state index contributed by atoms with van der Waals surface area (Å²) < 4.78 is 24.9. The monoisotopic (exact) mass is 394 g/mol. The maximum absolute atomic E-state index is 13.2. The van der Waals surface area contributed by atoms with Crippen molar-refractivity contribution >= 4 is 21.6 Å². The van der Waals surface area contributed by atoms with Gasteiger partial charge < -0.3 is 9.47 Å². The standard InChI is InChI=1S/C22H19FN2O2S/c1-15-4-2-5-18(12-15)26-10-3-11-27-21-20-19(13-28-22(20)25-14-24-21)16-6-8-17(23)9-7-16/h2,4-9,12-14H,3,10-11H2,1H3. The van der Waals surface area contributed by atoms with Gasteiger partial charge in [-0.25, -0.2) is 14.4 Å². The fourth-order valence-electron chi connectivity index (χ4n) is 2.92. The van der Waals surface area contributed by atoms with Gasteiger partial charge in [-0.15, -0.1) is 11.3 Å². The number of thiophene rings is 1. The molecule has 0 fully saturated rings. The first kappa shape index (κ1) is 18.4. The first-order valence-electron chi connectivity index (χ1n) is 9.01. The minimum absolute atomic E-state index is 0.260. The van der Waals surface area contributed by atoms with Crippen LogP contribution in [0.25, 0.3) is 21.3 Å². The third-order valence-corrected chi connectivity index (χ3v) is 5.16. The second-order valence-electron chi connectivity index (χ2n) is 6.38. The lowest BCUT2D eigenvalue weighted by Gasteiger charge is -2.09. The zero-order chi connectivity index (χ0) is 19.3. The van der Waals surface area contributed by atoms with Crippen LogP contribution in [0.2, 0.25) is 0 Å². The Bertz CT molecular complexity index is 1080. The van der Waals surface area contributed by atoms with Gasteiger partial charge in [0.1, 0.15) is 22.7 Å². The third-order valence-electron chi connectivity index (χ3n) is 4.28. The van der Waals surface area contributed by atoms with Crippen molar-refractivity contribution in [3.63, 3.8) is 0 Å². The molecule has 0 N–H and O–H groups in total. The van der Waals surface area contributed by atoms with Crippen LogP contribution >= 0.6 is 11.3 Å². The Labute approximate surface area is 166 Å². The summed E-state index contributed by atoms with van der Waals surface area (Å²) in [6.45, 7) is 3.08. The third kappa shape index (κ3) is 4.12. The molecule has 0 saturated heterocycles. The first-order chi connectivity index (χ1) is 13.7. The molecule has 0 saturated carbocycles. The van der Waals surface area contributed by atoms with Crippen LogP contribution in [0.3, 0.4) is 0 Å². The lowest BCUT2D eigenvalue weighted by Crippen LogP contribution is -2.06. The lowest BCUT2D eigenvalue weighted by molar-refractivity contribution is 0.244. The van der Waals surface area contributed by atoms with Crippen molar-refractivity contribution in [1.29, 1.82) is 0 Å². The molecule has 0 unspecified atom stereocenters. The highest BCUT2D eigenvalue weighted by molar-refractivity contribution is 7.17. The Morgan fingerprint density at radius 1 is 1.00 bits per heavy atom. The lowest BCUT2D eigenvalue weighted by atomic mass is 10.1. The van der Waals surface area contributed by atoms with Crippen LogP contribution in [0.1, 0.15) is 12.0 Å². The molecule has 4 nitrogen and oxygen atoms in total. The normalized spacial score (nSPS) is 10.9. The molecule has 0 radical (unpaired) electrons. The van der Waals surface area contributed by atoms with Crippen molar-refractivity contribution in [3.8, 4) is 22.8 Å². The van der Waals surface area contributed by atoms with Gasteiger partial charge >= 0.3 is 0 Å². The van der Waals surface area contributed by atoms with Crippen LogP contribution in [-0.2, 0) is 0 Å². The summed E-state index contributed by atoms with van der Waals surface area (Å²) in [5.41, 5.74) is 3.03. The number of nitrogens with zero attached hydrogens (tertiary/aromatic N) is 2. The van der Waals surface area contributed by atoms with Crippen molar-refractivity contribution in [2.45, 2.75) is 13.3 Å². The maximum atomic E-state index is 13.2. The second kappa shape index (κ2) is 8.35. The minimum atomic E-state index is -0.260. The highest BCUT2D eigenvalue weighted by Gasteiger charge is 2.14. The van der Waals surface area contributed by atoms with Crippen LogP contribution in [0.5, 0.6) is 11.6 Å². The SMILES string of the molecule is Cc1cccc(OCCCOc2ncnc3scc(-c4ccc(F)cc4)c23)c1. The van der Waals surface area contributed by atoms with E-state index in [1.54, 1.807) is 12.1 Å². The summed E-state index contributed by atoms with van der Waals surface area (Å²) in [6, 6.07) is 14.4. The van der Waals surface area contributed by atoms with Gasteiger partial charge in [0.15, 0.2) is 0 Å². The minimum Gasteiger partial charge on any atom is -0.493 e. The topological polar surface area (TPSA) is 44.2 Å². The van der Waals surface area contributed by atoms with E-state index in [0.29, 0.717) is 19.1 Å². The Morgan fingerprint density at radius 2 is 1.82 bits per heavy atom. The molecular formula is C22H19FN2O2S. The van der Waals surface area contributed by atoms with E-state index in [1.165, 1.54) is 35.4 Å². The molecule has 0 spiro atoms. The van der Waals surface area contributed by atoms with E-state index in [0.717, 1.165) is 33.5 Å². The zero-order valence-electron chi connectivity index (χ0n) is 15.4. The Kier molecular flexibility index (Phi) is 5.48. The predicted molar refractivity (Wildman–Crippen MR) is 110 cm³/mol. The van der Waals surface area contributed by atoms with Gasteiger partial charge in [0.2, 0.25) is 5.88 Å². The maximum Gasteiger partial charge on any atom is 0.225 e. The Morgan fingerprint density at radius 3 is 2.64 bits per heavy atom. The van der Waals surface area contributed by atoms with Gasteiger partial charge in [0.25, 0.3) is 0 Å². The summed E-state index contributed by atoms with van der Waals surface area (Å²) in [4.78, 5) is 9.48. The molecule has 2 aromatic carbocycles. The molecule has 2 heterocycles. The van der Waals surface area contributed by atoms with Crippen LogP contribution in [0.15, 0.2) is 60.2 Å². The van der Waals surface area contributed by atoms with Crippen LogP contribution in [0, 0.1) is 12.7 Å². The summed E-state index contributed by atoms with van der Waals surface area (Å²) in [6.07, 6.45) is 2.24. The van der Waals surface area contributed by atoms with E-state index in [4.69, 9.17) is 9.47 Å². The molecule has 0 aliphatic carbocycles. The van der Waals surface area contributed by atoms with E-state index < -0.39 is 0 Å². The number of hydrogen-bond donors (Lipinski definition) is 0. The van der Waals surface area contributed by atoms with E-state index in [9.17, 15) is 4.39 Å². The van der Waals surface area contributed by atoms with E-state index in [-0.39, 0.29) is 5.82 Å². The molecule has 4 rings (SSSR count). The van der Waals surface area contributed by atoms with Gasteiger partial charge in [0.05, 0.1) is 18.6 Å². The number of hydrogen-bond acceptors (Lipinski definition) is 5. The summed E-state index contributed by atoms with van der Waals surface area (Å²) >= 11 is 1.52. The second-order valence-corrected chi connectivity index (χ2v) is 7.24. The van der Waals surface area contributed by atoms with Gasteiger partial charge in [-0.3, -0.25) is 0 Å². The molecule has 0 amide bonds. The quantitative estimate of drug-likeness (QED) is 0.380. The van der Waals surface area contributed by atoms with Crippen molar-refractivity contribution in [2.75, 3.05) is 13.2 Å². The number of aryl methyl sites for hydroxylation is 1. The van der Waals surface area contributed by atoms with Crippen molar-refractivity contribution in [3.05, 3.63) is 71.6 Å². The van der Waals surface area contributed by atoms with Gasteiger partial charge in [0, 0.05) is 17.4 Å². The molecule has 4 aromatic rings. The van der Waals surface area contributed by atoms with Crippen LogP contribution < -0.4 is 9.47 Å². The van der Waals surface area contributed by atoms with Crippen molar-refractivity contribution < 1.29 is 13.9 Å². The van der Waals surface area contributed by atoms with Gasteiger partial charge in [-0.05, 0) is 42.3 Å². The summed E-state index contributed by atoms with van der Waals surface area (Å²) in [5.74, 6) is 1.15. The van der Waals surface area contributed by atoms with Gasteiger partial charge in [-0.1, -0.05) is 24.3 Å². The molecular weight excluding hydrogens is 375 g/mol.